The van der Waals surface area contributed by atoms with Crippen molar-refractivity contribution in [1.82, 2.24) is 0 Å². The minimum absolute atomic E-state index is 0.279. The molecule has 0 aliphatic heterocycles. The summed E-state index contributed by atoms with van der Waals surface area (Å²) in [5, 5.41) is 0. The second-order valence-electron chi connectivity index (χ2n) is 7.89. The summed E-state index contributed by atoms with van der Waals surface area (Å²) in [5.74, 6) is -0.445. The van der Waals surface area contributed by atoms with Crippen LogP contribution in [0.15, 0.2) is 116 Å². The maximum absolute atomic E-state index is 14.9. The van der Waals surface area contributed by atoms with Crippen LogP contribution in [0.1, 0.15) is 13.8 Å². The number of rotatable bonds is 10. The van der Waals surface area contributed by atoms with E-state index in [2.05, 4.69) is 13.2 Å². The fraction of sp³-hybridized carbons (Fsp3) is 0.0667. The smallest absolute Gasteiger partial charge is 0.338 e. The van der Waals surface area contributed by atoms with Crippen molar-refractivity contribution in [2.24, 2.45) is 0 Å². The second kappa shape index (κ2) is 12.7. The van der Waals surface area contributed by atoms with Gasteiger partial charge in [-0.25, -0.2) is 14.0 Å². The summed E-state index contributed by atoms with van der Waals surface area (Å²) < 4.78 is 35.3. The van der Waals surface area contributed by atoms with E-state index in [-0.39, 0.29) is 17.0 Å². The zero-order valence-corrected chi connectivity index (χ0v) is 20.4. The number of ether oxygens (including phenoxy) is 4. The first-order chi connectivity index (χ1) is 17.7. The van der Waals surface area contributed by atoms with Crippen LogP contribution in [-0.2, 0) is 19.1 Å². The highest BCUT2D eigenvalue weighted by Crippen LogP contribution is 2.30. The number of esters is 2. The van der Waals surface area contributed by atoms with Gasteiger partial charge >= 0.3 is 11.9 Å². The molecule has 0 saturated heterocycles. The van der Waals surface area contributed by atoms with Gasteiger partial charge in [0.1, 0.15) is 42.4 Å². The van der Waals surface area contributed by atoms with Gasteiger partial charge in [0.05, 0.1) is 0 Å². The maximum atomic E-state index is 14.9. The molecule has 0 bridgehead atoms. The fourth-order valence-corrected chi connectivity index (χ4v) is 2.96. The summed E-state index contributed by atoms with van der Waals surface area (Å²) >= 11 is 0. The lowest BCUT2D eigenvalue weighted by Gasteiger charge is -2.09. The number of hydrogen-bond acceptors (Lipinski definition) is 6. The van der Waals surface area contributed by atoms with E-state index in [1.807, 2.05) is 6.07 Å². The Morgan fingerprint density at radius 1 is 0.649 bits per heavy atom. The van der Waals surface area contributed by atoms with Gasteiger partial charge in [0.15, 0.2) is 0 Å². The van der Waals surface area contributed by atoms with Crippen LogP contribution in [0.5, 0.6) is 11.5 Å². The van der Waals surface area contributed by atoms with Crippen LogP contribution in [0.25, 0.3) is 22.3 Å². The zero-order valence-electron chi connectivity index (χ0n) is 20.4. The SMILES string of the molecule is C=C(C)C(=O)OC=COc1ccc(-c2ccc(-c3ccc(OC=COC(=O)C(=C)C)cc3)c(F)c2)cc1. The average Bonchev–Trinajstić information content (AvgIpc) is 2.89. The molecule has 0 aromatic heterocycles. The highest BCUT2D eigenvalue weighted by atomic mass is 19.1. The van der Waals surface area contributed by atoms with Crippen molar-refractivity contribution in [3.05, 3.63) is 122 Å². The van der Waals surface area contributed by atoms with Crippen LogP contribution in [-0.4, -0.2) is 11.9 Å². The Bertz CT molecular complexity index is 1350. The van der Waals surface area contributed by atoms with E-state index >= 15 is 0 Å². The molecule has 0 amide bonds. The third-order valence-electron chi connectivity index (χ3n) is 4.89. The molecule has 0 spiro atoms. The normalized spacial score (nSPS) is 10.8. The Morgan fingerprint density at radius 2 is 1.08 bits per heavy atom. The largest absolute Gasteiger partial charge is 0.462 e. The molecule has 3 aromatic carbocycles. The van der Waals surface area contributed by atoms with Gasteiger partial charge in [-0.2, -0.15) is 0 Å². The fourth-order valence-electron chi connectivity index (χ4n) is 2.96. The predicted molar refractivity (Wildman–Crippen MR) is 139 cm³/mol. The van der Waals surface area contributed by atoms with E-state index in [0.29, 0.717) is 28.2 Å². The summed E-state index contributed by atoms with van der Waals surface area (Å²) in [6.45, 7) is 10.1. The van der Waals surface area contributed by atoms with Crippen LogP contribution in [0.2, 0.25) is 0 Å². The van der Waals surface area contributed by atoms with Crippen LogP contribution in [0.3, 0.4) is 0 Å². The highest BCUT2D eigenvalue weighted by molar-refractivity contribution is 5.87. The van der Waals surface area contributed by atoms with E-state index in [1.54, 1.807) is 68.4 Å². The summed E-state index contributed by atoms with van der Waals surface area (Å²) in [7, 11) is 0. The number of benzene rings is 3. The van der Waals surface area contributed by atoms with E-state index in [4.69, 9.17) is 18.9 Å². The summed E-state index contributed by atoms with van der Waals surface area (Å²) in [4.78, 5) is 22.6. The summed E-state index contributed by atoms with van der Waals surface area (Å²) in [5.41, 5.74) is 3.19. The molecule has 0 unspecified atom stereocenters. The average molecular weight is 501 g/mol. The lowest BCUT2D eigenvalue weighted by molar-refractivity contribution is -0.134. The van der Waals surface area contributed by atoms with Gasteiger partial charge in [-0.1, -0.05) is 49.6 Å². The molecule has 3 aromatic rings. The molecule has 0 fully saturated rings. The van der Waals surface area contributed by atoms with Gasteiger partial charge in [0.2, 0.25) is 0 Å². The van der Waals surface area contributed by atoms with Crippen molar-refractivity contribution >= 4 is 11.9 Å². The van der Waals surface area contributed by atoms with Gasteiger partial charge in [-0.3, -0.25) is 0 Å². The van der Waals surface area contributed by atoms with E-state index < -0.39 is 11.9 Å². The van der Waals surface area contributed by atoms with Crippen molar-refractivity contribution < 1.29 is 32.9 Å². The van der Waals surface area contributed by atoms with Crippen molar-refractivity contribution in [1.29, 1.82) is 0 Å². The molecule has 0 saturated carbocycles. The van der Waals surface area contributed by atoms with Crippen molar-refractivity contribution in [3.8, 4) is 33.8 Å². The second-order valence-corrected chi connectivity index (χ2v) is 7.89. The Hall–Kier alpha value is -4.91. The van der Waals surface area contributed by atoms with Gasteiger partial charge < -0.3 is 18.9 Å². The minimum atomic E-state index is -0.547. The lowest BCUT2D eigenvalue weighted by Crippen LogP contribution is -1.99. The third kappa shape index (κ3) is 7.80. The quantitative estimate of drug-likeness (QED) is 0.168. The minimum Gasteiger partial charge on any atom is -0.462 e. The molecule has 37 heavy (non-hydrogen) atoms. The number of carbonyl (C=O) groups is 2. The molecule has 3 rings (SSSR count). The first-order valence-corrected chi connectivity index (χ1v) is 11.1. The first kappa shape index (κ1) is 26.7. The molecule has 0 atom stereocenters. The Kier molecular flexibility index (Phi) is 9.16. The zero-order chi connectivity index (χ0) is 26.8. The molecule has 0 aliphatic carbocycles. The molecule has 188 valence electrons. The van der Waals surface area contributed by atoms with Gasteiger partial charge in [-0.15, -0.1) is 0 Å². The molecular weight excluding hydrogens is 475 g/mol. The molecule has 7 heteroatoms. The summed E-state index contributed by atoms with van der Waals surface area (Å²) in [6.07, 6.45) is 4.74. The number of hydrogen-bond donors (Lipinski definition) is 0. The number of halogens is 1. The van der Waals surface area contributed by atoms with Gasteiger partial charge in [0, 0.05) is 16.7 Å². The molecule has 0 radical (unpaired) electrons. The topological polar surface area (TPSA) is 71.1 Å². The molecule has 0 N–H and O–H groups in total. The van der Waals surface area contributed by atoms with E-state index in [1.165, 1.54) is 18.6 Å². The van der Waals surface area contributed by atoms with Crippen LogP contribution >= 0.6 is 0 Å². The Balaban J connectivity index is 1.61. The van der Waals surface area contributed by atoms with Crippen LogP contribution in [0, 0.1) is 5.82 Å². The van der Waals surface area contributed by atoms with E-state index in [9.17, 15) is 14.0 Å². The maximum Gasteiger partial charge on any atom is 0.338 e. The molecule has 0 aliphatic rings. The van der Waals surface area contributed by atoms with Gasteiger partial charge in [-0.05, 0) is 60.9 Å². The first-order valence-electron chi connectivity index (χ1n) is 11.1. The third-order valence-corrected chi connectivity index (χ3v) is 4.89. The molecule has 0 heterocycles. The van der Waals surface area contributed by atoms with Gasteiger partial charge in [0.25, 0.3) is 0 Å². The van der Waals surface area contributed by atoms with Crippen molar-refractivity contribution in [2.75, 3.05) is 0 Å². The van der Waals surface area contributed by atoms with Crippen LogP contribution < -0.4 is 9.47 Å². The lowest BCUT2D eigenvalue weighted by atomic mass is 9.99. The monoisotopic (exact) mass is 500 g/mol. The molecular formula is C30H25FO6. The Labute approximate surface area is 214 Å². The summed E-state index contributed by atoms with van der Waals surface area (Å²) in [6, 6.07) is 18.9. The van der Waals surface area contributed by atoms with Crippen molar-refractivity contribution in [3.63, 3.8) is 0 Å². The van der Waals surface area contributed by atoms with Crippen LogP contribution in [0.4, 0.5) is 4.39 Å². The predicted octanol–water partition coefficient (Wildman–Crippen LogP) is 7.10. The Morgan fingerprint density at radius 3 is 1.51 bits per heavy atom. The highest BCUT2D eigenvalue weighted by Gasteiger charge is 2.08. The molecule has 6 nitrogen and oxygen atoms in total. The standard InChI is InChI=1S/C30H25FO6/c1-20(2)29(32)36-17-15-34-25-10-5-22(6-11-25)24-9-14-27(28(31)19-24)23-7-12-26(13-8-23)35-16-18-37-30(33)21(3)4/h5-19H,1,3H2,2,4H3. The van der Waals surface area contributed by atoms with Crippen molar-refractivity contribution in [2.45, 2.75) is 13.8 Å². The van der Waals surface area contributed by atoms with E-state index in [0.717, 1.165) is 18.1 Å². The number of carbonyl (C=O) groups excluding carboxylic acids is 2.